The van der Waals surface area contributed by atoms with Crippen molar-refractivity contribution >= 4 is 16.3 Å². The van der Waals surface area contributed by atoms with Crippen molar-refractivity contribution in [2.75, 3.05) is 0 Å². The highest BCUT2D eigenvalue weighted by Crippen LogP contribution is 2.08. The summed E-state index contributed by atoms with van der Waals surface area (Å²) >= 11 is 2.98. The first-order valence-electron chi connectivity index (χ1n) is 3.12. The van der Waals surface area contributed by atoms with E-state index in [1.54, 1.807) is 0 Å². The van der Waals surface area contributed by atoms with E-state index in [1.807, 2.05) is 0 Å². The van der Waals surface area contributed by atoms with Crippen LogP contribution in [0.15, 0.2) is 0 Å². The highest BCUT2D eigenvalue weighted by Gasteiger charge is 2.00. The van der Waals surface area contributed by atoms with Gasteiger partial charge >= 0.3 is 0 Å². The van der Waals surface area contributed by atoms with Gasteiger partial charge in [0.1, 0.15) is 0 Å². The van der Waals surface area contributed by atoms with Crippen molar-refractivity contribution in [1.82, 2.24) is 0 Å². The monoisotopic (exact) mass is 180 g/mol. The minimum absolute atomic E-state index is 0.417. The van der Waals surface area contributed by atoms with Crippen LogP contribution in [0.2, 0.25) is 0 Å². The van der Waals surface area contributed by atoms with E-state index >= 15 is 0 Å². The Kier molecular flexibility index (Phi) is 5.88. The minimum atomic E-state index is 0.417. The molecule has 0 fully saturated rings. The zero-order valence-corrected chi connectivity index (χ0v) is 7.07. The van der Waals surface area contributed by atoms with Crippen LogP contribution in [0.5, 0.6) is 0 Å². The summed E-state index contributed by atoms with van der Waals surface area (Å²) in [4.78, 5) is 0. The maximum atomic E-state index is 4.95. The van der Waals surface area contributed by atoms with Crippen molar-refractivity contribution in [1.29, 1.82) is 0 Å². The summed E-state index contributed by atoms with van der Waals surface area (Å²) < 4.78 is 4.95. The molecule has 0 aromatic heterocycles. The van der Waals surface area contributed by atoms with Gasteiger partial charge in [-0.1, -0.05) is 20.3 Å². The second-order valence-electron chi connectivity index (χ2n) is 1.91. The van der Waals surface area contributed by atoms with Crippen molar-refractivity contribution in [2.45, 2.75) is 39.2 Å². The number of rotatable bonds is 4. The molecule has 1 atom stereocenters. The fourth-order valence-electron chi connectivity index (χ4n) is 0.634. The molecule has 0 bridgehead atoms. The van der Waals surface area contributed by atoms with Crippen LogP contribution in [0.25, 0.3) is 0 Å². The van der Waals surface area contributed by atoms with Crippen molar-refractivity contribution in [2.24, 2.45) is 0 Å². The van der Waals surface area contributed by atoms with E-state index in [0.717, 1.165) is 12.8 Å². The maximum absolute atomic E-state index is 4.95. The Morgan fingerprint density at radius 2 is 2.12 bits per heavy atom. The standard InChI is InChI=1S/C6H13BrO/c1-3-5-6(4-2)8-7/h6H,3-5H2,1-2H3. The molecule has 0 spiro atoms. The molecule has 0 aliphatic heterocycles. The fraction of sp³-hybridized carbons (Fsp3) is 1.00. The maximum Gasteiger partial charge on any atom is 0.0990 e. The van der Waals surface area contributed by atoms with Gasteiger partial charge in [-0.05, 0) is 12.8 Å². The molecule has 0 aliphatic carbocycles. The molecule has 8 heavy (non-hydrogen) atoms. The molecule has 50 valence electrons. The summed E-state index contributed by atoms with van der Waals surface area (Å²) in [5, 5.41) is 0. The first kappa shape index (κ1) is 8.44. The Bertz CT molecular complexity index is 43.8. The lowest BCUT2D eigenvalue weighted by molar-refractivity contribution is 0.238. The van der Waals surface area contributed by atoms with E-state index in [1.165, 1.54) is 6.42 Å². The Hall–Kier alpha value is 0.440. The van der Waals surface area contributed by atoms with Crippen LogP contribution in [-0.4, -0.2) is 6.10 Å². The molecule has 0 aliphatic rings. The zero-order valence-electron chi connectivity index (χ0n) is 5.48. The molecule has 2 heteroatoms. The summed E-state index contributed by atoms with van der Waals surface area (Å²) in [6.45, 7) is 4.29. The van der Waals surface area contributed by atoms with Gasteiger partial charge in [-0.15, -0.1) is 0 Å². The lowest BCUT2D eigenvalue weighted by Gasteiger charge is -2.07. The van der Waals surface area contributed by atoms with Gasteiger partial charge in [-0.2, -0.15) is 0 Å². The molecular formula is C6H13BrO. The molecule has 0 saturated heterocycles. The van der Waals surface area contributed by atoms with Gasteiger partial charge < -0.3 is 3.83 Å². The second-order valence-corrected chi connectivity index (χ2v) is 2.28. The molecule has 0 aromatic rings. The van der Waals surface area contributed by atoms with Crippen LogP contribution < -0.4 is 0 Å². The molecule has 1 unspecified atom stereocenters. The summed E-state index contributed by atoms with van der Waals surface area (Å²) in [6.07, 6.45) is 3.87. The van der Waals surface area contributed by atoms with Crippen molar-refractivity contribution in [3.05, 3.63) is 0 Å². The first-order chi connectivity index (χ1) is 3.85. The van der Waals surface area contributed by atoms with Crippen molar-refractivity contribution < 1.29 is 3.83 Å². The first-order valence-corrected chi connectivity index (χ1v) is 3.77. The van der Waals surface area contributed by atoms with E-state index < -0.39 is 0 Å². The molecule has 0 saturated carbocycles. The molecule has 0 radical (unpaired) electrons. The van der Waals surface area contributed by atoms with E-state index in [9.17, 15) is 0 Å². The predicted molar refractivity (Wildman–Crippen MR) is 39.0 cm³/mol. The molecule has 1 nitrogen and oxygen atoms in total. The van der Waals surface area contributed by atoms with Gasteiger partial charge in [0.05, 0.1) is 22.4 Å². The van der Waals surface area contributed by atoms with Crippen LogP contribution in [-0.2, 0) is 3.83 Å². The van der Waals surface area contributed by atoms with Crippen LogP contribution in [0.3, 0.4) is 0 Å². The Morgan fingerprint density at radius 3 is 2.25 bits per heavy atom. The quantitative estimate of drug-likeness (QED) is 0.647. The number of hydrogen-bond donors (Lipinski definition) is 0. The zero-order chi connectivity index (χ0) is 6.41. The van der Waals surface area contributed by atoms with Crippen LogP contribution >= 0.6 is 16.3 Å². The van der Waals surface area contributed by atoms with E-state index in [4.69, 9.17) is 3.83 Å². The summed E-state index contributed by atoms with van der Waals surface area (Å²) in [5.41, 5.74) is 0. The summed E-state index contributed by atoms with van der Waals surface area (Å²) in [5.74, 6) is 0. The molecular weight excluding hydrogens is 168 g/mol. The lowest BCUT2D eigenvalue weighted by Crippen LogP contribution is -2.03. The molecule has 0 rings (SSSR count). The van der Waals surface area contributed by atoms with Crippen molar-refractivity contribution in [3.8, 4) is 0 Å². The van der Waals surface area contributed by atoms with Crippen LogP contribution in [0.1, 0.15) is 33.1 Å². The molecule has 0 aromatic carbocycles. The Labute approximate surface area is 59.9 Å². The van der Waals surface area contributed by atoms with Gasteiger partial charge in [0.2, 0.25) is 0 Å². The minimum Gasteiger partial charge on any atom is -0.305 e. The largest absolute Gasteiger partial charge is 0.305 e. The normalized spacial score (nSPS) is 13.9. The number of hydrogen-bond acceptors (Lipinski definition) is 1. The molecule has 0 N–H and O–H groups in total. The molecule has 0 amide bonds. The highest BCUT2D eigenvalue weighted by atomic mass is 79.9. The van der Waals surface area contributed by atoms with E-state index in [2.05, 4.69) is 30.1 Å². The third-order valence-electron chi connectivity index (χ3n) is 1.19. The third kappa shape index (κ3) is 3.44. The molecule has 0 heterocycles. The lowest BCUT2D eigenvalue weighted by atomic mass is 10.2. The fourth-order valence-corrected chi connectivity index (χ4v) is 1.08. The van der Waals surface area contributed by atoms with Gasteiger partial charge in [0, 0.05) is 0 Å². The highest BCUT2D eigenvalue weighted by molar-refractivity contribution is 9.06. The van der Waals surface area contributed by atoms with Crippen LogP contribution in [0, 0.1) is 0 Å². The van der Waals surface area contributed by atoms with Crippen LogP contribution in [0.4, 0.5) is 0 Å². The summed E-state index contributed by atoms with van der Waals surface area (Å²) in [7, 11) is 0. The van der Waals surface area contributed by atoms with Gasteiger partial charge in [0.15, 0.2) is 0 Å². The summed E-state index contributed by atoms with van der Waals surface area (Å²) in [6, 6.07) is 0. The van der Waals surface area contributed by atoms with Gasteiger partial charge in [-0.3, -0.25) is 0 Å². The second kappa shape index (κ2) is 5.57. The van der Waals surface area contributed by atoms with E-state index in [0.29, 0.717) is 6.10 Å². The average molecular weight is 181 g/mol. The Balaban J connectivity index is 3.07. The Morgan fingerprint density at radius 1 is 1.50 bits per heavy atom. The third-order valence-corrected chi connectivity index (χ3v) is 1.72. The SMILES string of the molecule is CCCC(CC)OBr. The number of halogens is 1. The topological polar surface area (TPSA) is 9.23 Å². The van der Waals surface area contributed by atoms with E-state index in [-0.39, 0.29) is 0 Å². The average Bonchev–Trinajstić information content (AvgIpc) is 1.83. The van der Waals surface area contributed by atoms with Gasteiger partial charge in [0.25, 0.3) is 0 Å². The smallest absolute Gasteiger partial charge is 0.0990 e. The van der Waals surface area contributed by atoms with Crippen molar-refractivity contribution in [3.63, 3.8) is 0 Å². The van der Waals surface area contributed by atoms with Gasteiger partial charge in [-0.25, -0.2) is 0 Å². The predicted octanol–water partition coefficient (Wildman–Crippen LogP) is 2.89.